The van der Waals surface area contributed by atoms with Crippen LogP contribution in [0.2, 0.25) is 0 Å². The number of ether oxygens (including phenoxy) is 2. The molecule has 86 valence electrons. The number of carbonyl (C=O) groups is 1. The highest BCUT2D eigenvalue weighted by atomic mass is 19.1. The lowest BCUT2D eigenvalue weighted by molar-refractivity contribution is 0.0943. The fourth-order valence-electron chi connectivity index (χ4n) is 1.51. The van der Waals surface area contributed by atoms with Crippen LogP contribution >= 0.6 is 0 Å². The maximum atomic E-state index is 12.0. The van der Waals surface area contributed by atoms with E-state index < -0.39 is 12.8 Å². The summed E-state index contributed by atoms with van der Waals surface area (Å²) in [5.41, 5.74) is 0.484. The molecule has 1 N–H and O–H groups in total. The first kappa shape index (κ1) is 10.9. The zero-order valence-electron chi connectivity index (χ0n) is 8.83. The molecule has 1 aliphatic rings. The monoisotopic (exact) mass is 225 g/mol. The van der Waals surface area contributed by atoms with Crippen molar-refractivity contribution in [3.05, 3.63) is 23.8 Å². The molecule has 0 aliphatic carbocycles. The zero-order chi connectivity index (χ0) is 11.5. The molecule has 0 fully saturated rings. The van der Waals surface area contributed by atoms with Crippen molar-refractivity contribution in [2.45, 2.75) is 13.0 Å². The van der Waals surface area contributed by atoms with Gasteiger partial charge in [-0.1, -0.05) is 0 Å². The first-order valence-electron chi connectivity index (χ1n) is 4.95. The molecule has 1 aromatic carbocycles. The van der Waals surface area contributed by atoms with Crippen LogP contribution in [0.25, 0.3) is 0 Å². The summed E-state index contributed by atoms with van der Waals surface area (Å²) in [7, 11) is 0. The Morgan fingerprint density at radius 2 is 2.25 bits per heavy atom. The molecule has 1 aliphatic heterocycles. The van der Waals surface area contributed by atoms with Crippen LogP contribution in [0, 0.1) is 0 Å². The Morgan fingerprint density at radius 3 is 3.00 bits per heavy atom. The van der Waals surface area contributed by atoms with E-state index in [2.05, 4.69) is 5.32 Å². The van der Waals surface area contributed by atoms with Gasteiger partial charge in [-0.05, 0) is 25.1 Å². The van der Waals surface area contributed by atoms with Crippen LogP contribution in [0.1, 0.15) is 17.3 Å². The number of alkyl halides is 1. The molecule has 0 radical (unpaired) electrons. The molecular weight excluding hydrogens is 213 g/mol. The Morgan fingerprint density at radius 1 is 1.50 bits per heavy atom. The van der Waals surface area contributed by atoms with Crippen LogP contribution in [0.5, 0.6) is 11.5 Å². The van der Waals surface area contributed by atoms with Gasteiger partial charge in [-0.3, -0.25) is 10.1 Å². The molecule has 4 nitrogen and oxygen atoms in total. The van der Waals surface area contributed by atoms with Gasteiger partial charge in [0.15, 0.2) is 17.3 Å². The van der Waals surface area contributed by atoms with Gasteiger partial charge in [0, 0.05) is 5.56 Å². The number of carbonyl (C=O) groups excluding carboxylic acids is 1. The van der Waals surface area contributed by atoms with Gasteiger partial charge in [0.25, 0.3) is 0 Å². The SMILES string of the molecule is CC(NCF)C(=O)c1ccc2c(c1)OCO2. The third-order valence-electron chi connectivity index (χ3n) is 2.43. The minimum absolute atomic E-state index is 0.170. The number of benzene rings is 1. The summed E-state index contributed by atoms with van der Waals surface area (Å²) in [4.78, 5) is 11.8. The van der Waals surface area contributed by atoms with Gasteiger partial charge in [-0.15, -0.1) is 0 Å². The number of rotatable bonds is 4. The smallest absolute Gasteiger partial charge is 0.231 e. The zero-order valence-corrected chi connectivity index (χ0v) is 8.83. The fourth-order valence-corrected chi connectivity index (χ4v) is 1.51. The van der Waals surface area contributed by atoms with Crippen LogP contribution in [0.4, 0.5) is 4.39 Å². The summed E-state index contributed by atoms with van der Waals surface area (Å²) < 4.78 is 22.3. The third kappa shape index (κ3) is 1.99. The lowest BCUT2D eigenvalue weighted by Crippen LogP contribution is -2.33. The summed E-state index contributed by atoms with van der Waals surface area (Å²) >= 11 is 0. The molecule has 1 aromatic rings. The third-order valence-corrected chi connectivity index (χ3v) is 2.43. The highest BCUT2D eigenvalue weighted by Gasteiger charge is 2.19. The van der Waals surface area contributed by atoms with Crippen molar-refractivity contribution >= 4 is 5.78 Å². The highest BCUT2D eigenvalue weighted by molar-refractivity contribution is 6.00. The number of ketones is 1. The molecule has 0 saturated heterocycles. The van der Waals surface area contributed by atoms with Crippen molar-refractivity contribution in [3.8, 4) is 11.5 Å². The Balaban J connectivity index is 2.18. The van der Waals surface area contributed by atoms with E-state index in [1.807, 2.05) is 0 Å². The van der Waals surface area contributed by atoms with E-state index in [0.29, 0.717) is 17.1 Å². The maximum absolute atomic E-state index is 12.0. The van der Waals surface area contributed by atoms with Crippen molar-refractivity contribution in [1.29, 1.82) is 0 Å². The second-order valence-electron chi connectivity index (χ2n) is 3.49. The predicted molar refractivity (Wildman–Crippen MR) is 55.5 cm³/mol. The molecular formula is C11H12FNO3. The van der Waals surface area contributed by atoms with Crippen molar-refractivity contribution < 1.29 is 18.7 Å². The molecule has 0 spiro atoms. The number of nitrogens with one attached hydrogen (secondary N) is 1. The standard InChI is InChI=1S/C11H12FNO3/c1-7(13-5-12)11(14)8-2-3-9-10(4-8)16-6-15-9/h2-4,7,13H,5-6H2,1H3. The molecule has 0 saturated carbocycles. The summed E-state index contributed by atoms with van der Waals surface area (Å²) in [6, 6.07) is 4.39. The van der Waals surface area contributed by atoms with Crippen molar-refractivity contribution in [3.63, 3.8) is 0 Å². The Bertz CT molecular complexity index is 408. The number of Topliss-reactive ketones (excluding diaryl/α,β-unsaturated/α-hetero) is 1. The van der Waals surface area contributed by atoms with E-state index >= 15 is 0 Å². The number of fused-ring (bicyclic) bond motifs is 1. The molecule has 5 heteroatoms. The first-order valence-corrected chi connectivity index (χ1v) is 4.95. The molecule has 2 rings (SSSR count). The molecule has 1 unspecified atom stereocenters. The second-order valence-corrected chi connectivity index (χ2v) is 3.49. The number of halogens is 1. The van der Waals surface area contributed by atoms with E-state index in [0.717, 1.165) is 0 Å². The fraction of sp³-hybridized carbons (Fsp3) is 0.364. The first-order chi connectivity index (χ1) is 7.72. The van der Waals surface area contributed by atoms with Crippen LogP contribution < -0.4 is 14.8 Å². The quantitative estimate of drug-likeness (QED) is 0.623. The van der Waals surface area contributed by atoms with E-state index in [4.69, 9.17) is 9.47 Å². The maximum Gasteiger partial charge on any atom is 0.231 e. The lowest BCUT2D eigenvalue weighted by atomic mass is 10.1. The van der Waals surface area contributed by atoms with E-state index in [9.17, 15) is 9.18 Å². The Hall–Kier alpha value is -1.62. The molecule has 0 amide bonds. The lowest BCUT2D eigenvalue weighted by Gasteiger charge is -2.10. The van der Waals surface area contributed by atoms with Gasteiger partial charge in [-0.25, -0.2) is 4.39 Å². The molecule has 1 atom stereocenters. The normalized spacial score (nSPS) is 14.9. The summed E-state index contributed by atoms with van der Waals surface area (Å²) in [6.07, 6.45) is 0. The van der Waals surface area contributed by atoms with Crippen molar-refractivity contribution in [2.75, 3.05) is 13.6 Å². The Labute approximate surface area is 92.4 Å². The minimum atomic E-state index is -0.725. The highest BCUT2D eigenvalue weighted by Crippen LogP contribution is 2.32. The Kier molecular flexibility index (Phi) is 3.05. The average Bonchev–Trinajstić information content (AvgIpc) is 2.75. The molecule has 0 aromatic heterocycles. The summed E-state index contributed by atoms with van der Waals surface area (Å²) in [6.45, 7) is 1.06. The molecule has 16 heavy (non-hydrogen) atoms. The molecule has 1 heterocycles. The van der Waals surface area contributed by atoms with Crippen LogP contribution in [0.3, 0.4) is 0 Å². The average molecular weight is 225 g/mol. The van der Waals surface area contributed by atoms with Crippen molar-refractivity contribution in [2.24, 2.45) is 0 Å². The number of hydrogen-bond acceptors (Lipinski definition) is 4. The molecule has 0 bridgehead atoms. The van der Waals surface area contributed by atoms with E-state index in [-0.39, 0.29) is 12.6 Å². The second kappa shape index (κ2) is 4.49. The number of hydrogen-bond donors (Lipinski definition) is 1. The van der Waals surface area contributed by atoms with Gasteiger partial charge >= 0.3 is 0 Å². The largest absolute Gasteiger partial charge is 0.454 e. The topological polar surface area (TPSA) is 47.6 Å². The minimum Gasteiger partial charge on any atom is -0.454 e. The van der Waals surface area contributed by atoms with Crippen molar-refractivity contribution in [1.82, 2.24) is 5.32 Å². The van der Waals surface area contributed by atoms with E-state index in [1.54, 1.807) is 25.1 Å². The van der Waals surface area contributed by atoms with Gasteiger partial charge in [-0.2, -0.15) is 0 Å². The van der Waals surface area contributed by atoms with Gasteiger partial charge in [0.05, 0.1) is 6.04 Å². The summed E-state index contributed by atoms with van der Waals surface area (Å²) in [5.74, 6) is 1.01. The van der Waals surface area contributed by atoms with Gasteiger partial charge < -0.3 is 9.47 Å². The van der Waals surface area contributed by atoms with Crippen LogP contribution in [0.15, 0.2) is 18.2 Å². The predicted octanol–water partition coefficient (Wildman–Crippen LogP) is 1.50. The van der Waals surface area contributed by atoms with Crippen LogP contribution in [-0.4, -0.2) is 25.4 Å². The van der Waals surface area contributed by atoms with E-state index in [1.165, 1.54) is 0 Å². The summed E-state index contributed by atoms with van der Waals surface area (Å²) in [5, 5.41) is 2.42. The van der Waals surface area contributed by atoms with Gasteiger partial charge in [0.2, 0.25) is 6.79 Å². The van der Waals surface area contributed by atoms with Crippen LogP contribution in [-0.2, 0) is 0 Å². The van der Waals surface area contributed by atoms with Gasteiger partial charge in [0.1, 0.15) is 6.80 Å².